The van der Waals surface area contributed by atoms with Gasteiger partial charge >= 0.3 is 0 Å². The number of pyridine rings is 3. The van der Waals surface area contributed by atoms with Crippen molar-refractivity contribution in [3.63, 3.8) is 0 Å². The normalized spacial score (nSPS) is 11.5. The molecule has 3 heterocycles. The Balaban J connectivity index is 1.36. The van der Waals surface area contributed by atoms with Crippen molar-refractivity contribution in [2.45, 2.75) is 13.8 Å². The Labute approximate surface area is 291 Å². The Kier molecular flexibility index (Phi) is 7.06. The van der Waals surface area contributed by atoms with Crippen LogP contribution in [0.1, 0.15) is 16.7 Å². The fourth-order valence-electron chi connectivity index (χ4n) is 7.55. The van der Waals surface area contributed by atoms with Gasteiger partial charge < -0.3 is 0 Å². The zero-order valence-corrected chi connectivity index (χ0v) is 28.0. The fraction of sp³-hybridized carbons (Fsp3) is 0.0426. The zero-order valence-electron chi connectivity index (χ0n) is 28.0. The molecule has 0 radical (unpaired) electrons. The van der Waals surface area contributed by atoms with E-state index in [-0.39, 0.29) is 0 Å². The summed E-state index contributed by atoms with van der Waals surface area (Å²) in [6.07, 6.45) is 1.86. The van der Waals surface area contributed by atoms with Crippen LogP contribution in [0.2, 0.25) is 0 Å². The van der Waals surface area contributed by atoms with Crippen LogP contribution >= 0.6 is 0 Å². The van der Waals surface area contributed by atoms with Crippen LogP contribution in [0, 0.1) is 13.8 Å². The first kappa shape index (κ1) is 29.7. The number of nitrogens with zero attached hydrogens (tertiary/aromatic N) is 3. The summed E-state index contributed by atoms with van der Waals surface area (Å²) >= 11 is 0. The van der Waals surface area contributed by atoms with Crippen molar-refractivity contribution in [3.05, 3.63) is 169 Å². The molecule has 0 atom stereocenters. The third-order valence-corrected chi connectivity index (χ3v) is 9.96. The summed E-state index contributed by atoms with van der Waals surface area (Å²) in [6.45, 7) is 8.41. The molecule has 0 bridgehead atoms. The van der Waals surface area contributed by atoms with E-state index in [2.05, 4.69) is 166 Å². The van der Waals surface area contributed by atoms with Gasteiger partial charge in [-0.2, -0.15) is 0 Å². The van der Waals surface area contributed by atoms with Gasteiger partial charge in [-0.15, -0.1) is 0 Å². The number of rotatable bonds is 5. The maximum absolute atomic E-state index is 5.48. The third-order valence-electron chi connectivity index (χ3n) is 9.96. The van der Waals surface area contributed by atoms with Gasteiger partial charge in [0.05, 0.1) is 33.8 Å². The highest BCUT2D eigenvalue weighted by Gasteiger charge is 2.22. The lowest BCUT2D eigenvalue weighted by atomic mass is 9.86. The molecule has 0 amide bonds. The van der Waals surface area contributed by atoms with Crippen LogP contribution in [0.15, 0.2) is 152 Å². The Hall–Kier alpha value is -6.45. The van der Waals surface area contributed by atoms with Crippen LogP contribution in [0.5, 0.6) is 0 Å². The monoisotopic (exact) mass is 639 g/mol. The fourth-order valence-corrected chi connectivity index (χ4v) is 7.55. The van der Waals surface area contributed by atoms with E-state index in [4.69, 9.17) is 15.0 Å². The molecule has 3 aromatic heterocycles. The standard InChI is InChI=1S/C47H33N3/c1-4-31-22-24-32(25-23-31)38-20-13-21-39(48-38)35-26-27-37-41(28-35)50-47(34-16-9-6-10-17-34)45-29(2)42-36-18-11-12-19-40(36)49-46(33-14-7-5-8-15-33)44(42)30(3)43(37)45/h4-28H,1H2,2-3H3. The smallest absolute Gasteiger partial charge is 0.0791 e. The first-order chi connectivity index (χ1) is 24.6. The zero-order chi connectivity index (χ0) is 33.8. The molecule has 0 aliphatic heterocycles. The Morgan fingerprint density at radius 3 is 1.56 bits per heavy atom. The first-order valence-electron chi connectivity index (χ1n) is 17.0. The molecule has 0 N–H and O–H groups in total. The van der Waals surface area contributed by atoms with Gasteiger partial charge in [-0.1, -0.05) is 134 Å². The molecular formula is C47H33N3. The maximum atomic E-state index is 5.48. The second kappa shape index (κ2) is 11.9. The van der Waals surface area contributed by atoms with Crippen molar-refractivity contribution in [1.82, 2.24) is 15.0 Å². The second-order valence-corrected chi connectivity index (χ2v) is 12.9. The molecule has 6 aromatic carbocycles. The largest absolute Gasteiger partial charge is 0.248 e. The number of benzene rings is 6. The molecule has 9 aromatic rings. The Bertz CT molecular complexity index is 2770. The lowest BCUT2D eigenvalue weighted by Crippen LogP contribution is -1.99. The van der Waals surface area contributed by atoms with Gasteiger partial charge in [0.15, 0.2) is 0 Å². The van der Waals surface area contributed by atoms with Crippen LogP contribution in [0.4, 0.5) is 0 Å². The summed E-state index contributed by atoms with van der Waals surface area (Å²) in [5.41, 5.74) is 13.6. The minimum Gasteiger partial charge on any atom is -0.248 e. The SMILES string of the molecule is C=Cc1ccc(-c2cccc(-c3ccc4c(c3)nc(-c3ccccc3)c3c(C)c5c(c(-c6ccccc6)nc6ccccc65)c(C)c34)n2)cc1. The van der Waals surface area contributed by atoms with Crippen LogP contribution in [-0.4, -0.2) is 15.0 Å². The molecule has 3 heteroatoms. The van der Waals surface area contributed by atoms with Gasteiger partial charge in [0.25, 0.3) is 0 Å². The van der Waals surface area contributed by atoms with Crippen molar-refractivity contribution in [1.29, 1.82) is 0 Å². The van der Waals surface area contributed by atoms with Crippen molar-refractivity contribution >= 4 is 49.4 Å². The highest BCUT2D eigenvalue weighted by Crippen LogP contribution is 2.45. The van der Waals surface area contributed by atoms with Gasteiger partial charge in [-0.3, -0.25) is 0 Å². The minimum atomic E-state index is 0.911. The molecule has 9 rings (SSSR count). The molecule has 0 unspecified atom stereocenters. The summed E-state index contributed by atoms with van der Waals surface area (Å²) < 4.78 is 0. The van der Waals surface area contributed by atoms with E-state index in [9.17, 15) is 0 Å². The van der Waals surface area contributed by atoms with Crippen LogP contribution < -0.4 is 0 Å². The first-order valence-corrected chi connectivity index (χ1v) is 17.0. The summed E-state index contributed by atoms with van der Waals surface area (Å²) in [7, 11) is 0. The van der Waals surface area contributed by atoms with E-state index in [1.165, 1.54) is 32.7 Å². The van der Waals surface area contributed by atoms with E-state index in [1.54, 1.807) is 0 Å². The van der Waals surface area contributed by atoms with Crippen molar-refractivity contribution in [2.24, 2.45) is 0 Å². The predicted molar refractivity (Wildman–Crippen MR) is 211 cm³/mol. The average molecular weight is 640 g/mol. The van der Waals surface area contributed by atoms with Crippen LogP contribution in [0.3, 0.4) is 0 Å². The molecule has 3 nitrogen and oxygen atoms in total. The van der Waals surface area contributed by atoms with Crippen molar-refractivity contribution in [2.75, 3.05) is 0 Å². The van der Waals surface area contributed by atoms with E-state index in [0.717, 1.165) is 72.4 Å². The van der Waals surface area contributed by atoms with Gasteiger partial charge in [0.1, 0.15) is 0 Å². The quantitative estimate of drug-likeness (QED) is 0.139. The summed E-state index contributed by atoms with van der Waals surface area (Å²) in [5.74, 6) is 0. The average Bonchev–Trinajstić information content (AvgIpc) is 3.19. The van der Waals surface area contributed by atoms with Gasteiger partial charge in [-0.05, 0) is 65.6 Å². The van der Waals surface area contributed by atoms with Crippen molar-refractivity contribution in [3.8, 4) is 45.0 Å². The maximum Gasteiger partial charge on any atom is 0.0791 e. The lowest BCUT2D eigenvalue weighted by molar-refractivity contribution is 1.32. The molecular weight excluding hydrogens is 607 g/mol. The van der Waals surface area contributed by atoms with Gasteiger partial charge in [-0.25, -0.2) is 15.0 Å². The second-order valence-electron chi connectivity index (χ2n) is 12.9. The number of hydrogen-bond acceptors (Lipinski definition) is 3. The van der Waals surface area contributed by atoms with E-state index < -0.39 is 0 Å². The van der Waals surface area contributed by atoms with Gasteiger partial charge in [0, 0.05) is 43.8 Å². The van der Waals surface area contributed by atoms with E-state index >= 15 is 0 Å². The number of aromatic nitrogens is 3. The van der Waals surface area contributed by atoms with Crippen LogP contribution in [0.25, 0.3) is 94.5 Å². The lowest BCUT2D eigenvalue weighted by Gasteiger charge is -2.21. The topological polar surface area (TPSA) is 38.7 Å². The molecule has 0 aliphatic carbocycles. The molecule has 0 fully saturated rings. The van der Waals surface area contributed by atoms with Crippen molar-refractivity contribution < 1.29 is 0 Å². The number of hydrogen-bond donors (Lipinski definition) is 0. The molecule has 50 heavy (non-hydrogen) atoms. The molecule has 0 saturated carbocycles. The number of aryl methyl sites for hydroxylation is 2. The Morgan fingerprint density at radius 2 is 0.940 bits per heavy atom. The highest BCUT2D eigenvalue weighted by atomic mass is 14.7. The Morgan fingerprint density at radius 1 is 0.420 bits per heavy atom. The molecule has 0 saturated heterocycles. The molecule has 0 aliphatic rings. The van der Waals surface area contributed by atoms with E-state index in [1.807, 2.05) is 6.08 Å². The highest BCUT2D eigenvalue weighted by molar-refractivity contribution is 6.25. The van der Waals surface area contributed by atoms with E-state index in [0.29, 0.717) is 0 Å². The summed E-state index contributed by atoms with van der Waals surface area (Å²) in [4.78, 5) is 15.9. The predicted octanol–water partition coefficient (Wildman–Crippen LogP) is 12.4. The third kappa shape index (κ3) is 4.78. The van der Waals surface area contributed by atoms with Crippen LogP contribution in [-0.2, 0) is 0 Å². The molecule has 236 valence electrons. The number of para-hydroxylation sites is 1. The molecule has 0 spiro atoms. The minimum absolute atomic E-state index is 0.911. The van der Waals surface area contributed by atoms with Gasteiger partial charge in [0.2, 0.25) is 0 Å². The summed E-state index contributed by atoms with van der Waals surface area (Å²) in [5, 5.41) is 7.09. The number of fused-ring (bicyclic) bond motifs is 6. The summed E-state index contributed by atoms with van der Waals surface area (Å²) in [6, 6.07) is 50.8.